The number of hydrogen-bond donors (Lipinski definition) is 1. The first-order chi connectivity index (χ1) is 9.40. The smallest absolute Gasteiger partial charge is 0.330 e. The van der Waals surface area contributed by atoms with Crippen molar-refractivity contribution in [2.75, 3.05) is 0 Å². The maximum absolute atomic E-state index is 12.0. The van der Waals surface area contributed by atoms with Crippen LogP contribution in [0.15, 0.2) is 26.4 Å². The van der Waals surface area contributed by atoms with E-state index in [1.165, 1.54) is 11.6 Å². The van der Waals surface area contributed by atoms with E-state index in [0.717, 1.165) is 10.3 Å². The Morgan fingerprint density at radius 3 is 2.70 bits per heavy atom. The van der Waals surface area contributed by atoms with Crippen LogP contribution in [0, 0.1) is 6.92 Å². The van der Waals surface area contributed by atoms with Gasteiger partial charge in [0, 0.05) is 32.4 Å². The molecule has 108 valence electrons. The molecule has 2 aromatic rings. The molecule has 1 unspecified atom stereocenters. The lowest BCUT2D eigenvalue weighted by atomic mass is 10.3. The van der Waals surface area contributed by atoms with Crippen molar-refractivity contribution < 1.29 is 4.42 Å². The fraction of sp³-hybridized carbons (Fsp3) is 0.462. The molecule has 0 saturated heterocycles. The molecule has 7 heteroatoms. The van der Waals surface area contributed by atoms with Crippen LogP contribution in [0.25, 0.3) is 0 Å². The molecule has 0 radical (unpaired) electrons. The van der Waals surface area contributed by atoms with Gasteiger partial charge in [0.1, 0.15) is 5.76 Å². The number of hydrogen-bond acceptors (Lipinski definition) is 5. The van der Waals surface area contributed by atoms with Gasteiger partial charge in [-0.25, -0.2) is 9.78 Å². The highest BCUT2D eigenvalue weighted by Gasteiger charge is 2.13. The summed E-state index contributed by atoms with van der Waals surface area (Å²) in [6.45, 7) is 4.06. The highest BCUT2D eigenvalue weighted by Crippen LogP contribution is 2.12. The summed E-state index contributed by atoms with van der Waals surface area (Å²) in [6.07, 6.45) is 3.20. The summed E-state index contributed by atoms with van der Waals surface area (Å²) in [4.78, 5) is 27.7. The van der Waals surface area contributed by atoms with E-state index in [9.17, 15) is 9.59 Å². The van der Waals surface area contributed by atoms with E-state index in [2.05, 4.69) is 10.3 Å². The highest BCUT2D eigenvalue weighted by molar-refractivity contribution is 5.06. The summed E-state index contributed by atoms with van der Waals surface area (Å²) in [6, 6.07) is -0.120. The quantitative estimate of drug-likeness (QED) is 0.866. The van der Waals surface area contributed by atoms with Crippen LogP contribution < -0.4 is 16.6 Å². The van der Waals surface area contributed by atoms with Crippen LogP contribution in [0.4, 0.5) is 0 Å². The van der Waals surface area contributed by atoms with E-state index in [1.807, 2.05) is 13.8 Å². The van der Waals surface area contributed by atoms with Crippen molar-refractivity contribution >= 4 is 0 Å². The standard InChI is InChI=1S/C13H18N4O3/c1-8-5-15-11(20-8)9(2)14-6-10-7-16(3)13(19)17(4)12(10)18/h5,7,9,14H,6H2,1-4H3. The van der Waals surface area contributed by atoms with Gasteiger partial charge in [0.05, 0.1) is 12.2 Å². The minimum atomic E-state index is -0.338. The minimum absolute atomic E-state index is 0.120. The van der Waals surface area contributed by atoms with Gasteiger partial charge >= 0.3 is 5.69 Å². The predicted molar refractivity (Wildman–Crippen MR) is 73.4 cm³/mol. The second-order valence-electron chi connectivity index (χ2n) is 4.82. The third-order valence-electron chi connectivity index (χ3n) is 3.13. The average Bonchev–Trinajstić information content (AvgIpc) is 2.85. The SMILES string of the molecule is Cc1cnc(C(C)NCc2cn(C)c(=O)n(C)c2=O)o1. The second-order valence-corrected chi connectivity index (χ2v) is 4.82. The Hall–Kier alpha value is -2.15. The topological polar surface area (TPSA) is 82.1 Å². The van der Waals surface area contributed by atoms with Gasteiger partial charge in [0.25, 0.3) is 5.56 Å². The molecule has 0 amide bonds. The van der Waals surface area contributed by atoms with Gasteiger partial charge in [-0.05, 0) is 13.8 Å². The molecule has 0 saturated carbocycles. The first-order valence-corrected chi connectivity index (χ1v) is 6.31. The highest BCUT2D eigenvalue weighted by atomic mass is 16.4. The van der Waals surface area contributed by atoms with E-state index in [4.69, 9.17) is 4.42 Å². The van der Waals surface area contributed by atoms with Crippen LogP contribution >= 0.6 is 0 Å². The summed E-state index contributed by atoms with van der Waals surface area (Å²) in [5, 5.41) is 3.16. The van der Waals surface area contributed by atoms with Crippen LogP contribution in [0.5, 0.6) is 0 Å². The van der Waals surface area contributed by atoms with E-state index in [0.29, 0.717) is 18.0 Å². The van der Waals surface area contributed by atoms with Crippen molar-refractivity contribution in [3.8, 4) is 0 Å². The summed E-state index contributed by atoms with van der Waals surface area (Å²) < 4.78 is 7.90. The lowest BCUT2D eigenvalue weighted by Gasteiger charge is -2.11. The summed E-state index contributed by atoms with van der Waals surface area (Å²) in [7, 11) is 3.08. The molecule has 0 spiro atoms. The second kappa shape index (κ2) is 5.46. The summed E-state index contributed by atoms with van der Waals surface area (Å²) in [5.74, 6) is 1.32. The molecule has 1 N–H and O–H groups in total. The van der Waals surface area contributed by atoms with Crippen LogP contribution in [-0.2, 0) is 20.6 Å². The van der Waals surface area contributed by atoms with Crippen molar-refractivity contribution in [2.45, 2.75) is 26.4 Å². The maximum atomic E-state index is 12.0. The van der Waals surface area contributed by atoms with E-state index in [-0.39, 0.29) is 17.3 Å². The van der Waals surface area contributed by atoms with Gasteiger partial charge < -0.3 is 14.3 Å². The average molecular weight is 278 g/mol. The van der Waals surface area contributed by atoms with Gasteiger partial charge in [0.15, 0.2) is 0 Å². The minimum Gasteiger partial charge on any atom is -0.444 e. The largest absolute Gasteiger partial charge is 0.444 e. The van der Waals surface area contributed by atoms with Gasteiger partial charge in [-0.2, -0.15) is 0 Å². The first-order valence-electron chi connectivity index (χ1n) is 6.31. The fourth-order valence-corrected chi connectivity index (χ4v) is 1.93. The van der Waals surface area contributed by atoms with Gasteiger partial charge in [-0.3, -0.25) is 9.36 Å². The predicted octanol–water partition coefficient (Wildman–Crippen LogP) is 0.231. The Labute approximate surface area is 115 Å². The molecule has 0 bridgehead atoms. The molecule has 1 atom stereocenters. The van der Waals surface area contributed by atoms with Crippen molar-refractivity contribution in [3.05, 3.63) is 50.4 Å². The molecule has 0 aliphatic rings. The normalized spacial score (nSPS) is 12.6. The Balaban J connectivity index is 2.16. The van der Waals surface area contributed by atoms with Crippen LogP contribution in [0.1, 0.15) is 30.2 Å². The number of aromatic nitrogens is 3. The van der Waals surface area contributed by atoms with Crippen molar-refractivity contribution in [1.29, 1.82) is 0 Å². The van der Waals surface area contributed by atoms with Crippen LogP contribution in [-0.4, -0.2) is 14.1 Å². The summed E-state index contributed by atoms with van der Waals surface area (Å²) >= 11 is 0. The molecular formula is C13H18N4O3. The molecule has 0 aromatic carbocycles. The first kappa shape index (κ1) is 14.3. The zero-order chi connectivity index (χ0) is 14.9. The monoisotopic (exact) mass is 278 g/mol. The molecule has 2 heterocycles. The molecule has 2 aromatic heterocycles. The third-order valence-corrected chi connectivity index (χ3v) is 3.13. The Morgan fingerprint density at radius 1 is 1.40 bits per heavy atom. The Bertz CT molecular complexity index is 726. The number of rotatable bonds is 4. The lowest BCUT2D eigenvalue weighted by Crippen LogP contribution is -2.39. The van der Waals surface area contributed by atoms with Gasteiger partial charge in [0.2, 0.25) is 5.89 Å². The van der Waals surface area contributed by atoms with Crippen molar-refractivity contribution in [2.24, 2.45) is 14.1 Å². The molecular weight excluding hydrogens is 260 g/mol. The lowest BCUT2D eigenvalue weighted by molar-refractivity contribution is 0.401. The van der Waals surface area contributed by atoms with Crippen molar-refractivity contribution in [1.82, 2.24) is 19.4 Å². The van der Waals surface area contributed by atoms with E-state index in [1.54, 1.807) is 19.4 Å². The van der Waals surface area contributed by atoms with Crippen molar-refractivity contribution in [3.63, 3.8) is 0 Å². The molecule has 2 rings (SSSR count). The van der Waals surface area contributed by atoms with Crippen LogP contribution in [0.2, 0.25) is 0 Å². The summed E-state index contributed by atoms with van der Waals surface area (Å²) in [5.41, 5.74) is -0.115. The Morgan fingerprint density at radius 2 is 2.10 bits per heavy atom. The zero-order valence-electron chi connectivity index (χ0n) is 12.0. The molecule has 0 aliphatic heterocycles. The van der Waals surface area contributed by atoms with Gasteiger partial charge in [-0.1, -0.05) is 0 Å². The number of nitrogens with zero attached hydrogens (tertiary/aromatic N) is 3. The third kappa shape index (κ3) is 2.72. The molecule has 0 aliphatic carbocycles. The molecule has 7 nitrogen and oxygen atoms in total. The number of aryl methyl sites for hydroxylation is 2. The number of nitrogens with one attached hydrogen (secondary N) is 1. The van der Waals surface area contributed by atoms with E-state index < -0.39 is 0 Å². The fourth-order valence-electron chi connectivity index (χ4n) is 1.93. The number of oxazole rings is 1. The Kier molecular flexibility index (Phi) is 3.89. The maximum Gasteiger partial charge on any atom is 0.330 e. The molecule has 20 heavy (non-hydrogen) atoms. The van der Waals surface area contributed by atoms with Gasteiger partial charge in [-0.15, -0.1) is 0 Å². The van der Waals surface area contributed by atoms with Crippen LogP contribution in [0.3, 0.4) is 0 Å². The van der Waals surface area contributed by atoms with E-state index >= 15 is 0 Å². The molecule has 0 fully saturated rings. The zero-order valence-corrected chi connectivity index (χ0v) is 12.0.